The average molecular weight is 377 g/mol. The highest BCUT2D eigenvalue weighted by molar-refractivity contribution is 5.79. The molecule has 0 radical (unpaired) electrons. The van der Waals surface area contributed by atoms with Gasteiger partial charge in [0.05, 0.1) is 31.6 Å². The first kappa shape index (κ1) is 19.5. The molecule has 0 aliphatic rings. The van der Waals surface area contributed by atoms with Crippen molar-refractivity contribution in [2.24, 2.45) is 4.99 Å². The normalized spacial score (nSPS) is 11.3. The molecule has 6 nitrogen and oxygen atoms in total. The summed E-state index contributed by atoms with van der Waals surface area (Å²) in [6.07, 6.45) is 1.86. The summed E-state index contributed by atoms with van der Waals surface area (Å²) in [4.78, 5) is 12.5. The molecule has 0 aliphatic heterocycles. The number of hydrogen-bond acceptors (Lipinski definition) is 3. The molecule has 3 N–H and O–H groups in total. The van der Waals surface area contributed by atoms with Crippen molar-refractivity contribution in [1.82, 2.24) is 20.6 Å². The highest BCUT2D eigenvalue weighted by Crippen LogP contribution is 2.19. The Hall–Kier alpha value is -3.28. The third-order valence-corrected chi connectivity index (χ3v) is 4.16. The lowest BCUT2D eigenvalue weighted by molar-refractivity contribution is 0.336. The standard InChI is InChI=1S/C22H27N5O/c1-3-23-22(25-14-18-12-8-9-13-20(18)28-4-2)26-16-21-24-15-19(27-21)17-10-6-5-7-11-17/h5-13,15H,3-4,14,16H2,1-2H3,(H,24,27)(H2,23,25,26). The first-order chi connectivity index (χ1) is 13.8. The zero-order valence-electron chi connectivity index (χ0n) is 16.4. The summed E-state index contributed by atoms with van der Waals surface area (Å²) >= 11 is 0. The van der Waals surface area contributed by atoms with Crippen LogP contribution in [0.4, 0.5) is 0 Å². The molecule has 28 heavy (non-hydrogen) atoms. The second-order valence-corrected chi connectivity index (χ2v) is 6.20. The van der Waals surface area contributed by atoms with Crippen LogP contribution < -0.4 is 15.4 Å². The van der Waals surface area contributed by atoms with Crippen molar-refractivity contribution in [3.8, 4) is 17.0 Å². The Bertz CT molecular complexity index is 889. The van der Waals surface area contributed by atoms with Crippen LogP contribution in [0.3, 0.4) is 0 Å². The summed E-state index contributed by atoms with van der Waals surface area (Å²) in [6.45, 7) is 6.56. The summed E-state index contributed by atoms with van der Waals surface area (Å²) in [5.74, 6) is 2.48. The van der Waals surface area contributed by atoms with Crippen molar-refractivity contribution in [3.63, 3.8) is 0 Å². The number of guanidine groups is 1. The molecule has 0 amide bonds. The number of benzene rings is 2. The van der Waals surface area contributed by atoms with Gasteiger partial charge < -0.3 is 20.4 Å². The molecule has 0 unspecified atom stereocenters. The van der Waals surface area contributed by atoms with E-state index in [-0.39, 0.29) is 0 Å². The van der Waals surface area contributed by atoms with Crippen molar-refractivity contribution >= 4 is 5.96 Å². The highest BCUT2D eigenvalue weighted by Gasteiger charge is 2.06. The molecule has 146 valence electrons. The molecular formula is C22H27N5O. The van der Waals surface area contributed by atoms with Crippen molar-refractivity contribution in [2.75, 3.05) is 13.2 Å². The van der Waals surface area contributed by atoms with Crippen LogP contribution in [-0.4, -0.2) is 29.1 Å². The third-order valence-electron chi connectivity index (χ3n) is 4.16. The van der Waals surface area contributed by atoms with Gasteiger partial charge in [0, 0.05) is 12.1 Å². The predicted octanol–water partition coefficient (Wildman–Crippen LogP) is 3.73. The van der Waals surface area contributed by atoms with Crippen LogP contribution in [0.2, 0.25) is 0 Å². The quantitative estimate of drug-likeness (QED) is 0.413. The van der Waals surface area contributed by atoms with Gasteiger partial charge in [0.25, 0.3) is 0 Å². The summed E-state index contributed by atoms with van der Waals surface area (Å²) in [5.41, 5.74) is 3.19. The van der Waals surface area contributed by atoms with Crippen LogP contribution in [-0.2, 0) is 13.1 Å². The number of nitrogens with zero attached hydrogens (tertiary/aromatic N) is 2. The van der Waals surface area contributed by atoms with Gasteiger partial charge in [-0.25, -0.2) is 9.98 Å². The van der Waals surface area contributed by atoms with Gasteiger partial charge >= 0.3 is 0 Å². The molecule has 0 bridgehead atoms. The number of ether oxygens (including phenoxy) is 1. The van der Waals surface area contributed by atoms with Crippen LogP contribution in [0.25, 0.3) is 11.3 Å². The predicted molar refractivity (Wildman–Crippen MR) is 113 cm³/mol. The first-order valence-electron chi connectivity index (χ1n) is 9.62. The fourth-order valence-electron chi connectivity index (χ4n) is 2.82. The second-order valence-electron chi connectivity index (χ2n) is 6.20. The van der Waals surface area contributed by atoms with E-state index in [1.807, 2.05) is 62.5 Å². The highest BCUT2D eigenvalue weighted by atomic mass is 16.5. The largest absolute Gasteiger partial charge is 0.494 e. The van der Waals surface area contributed by atoms with Crippen molar-refractivity contribution < 1.29 is 4.74 Å². The van der Waals surface area contributed by atoms with Gasteiger partial charge in [-0.3, -0.25) is 0 Å². The topological polar surface area (TPSA) is 74.3 Å². The molecule has 1 heterocycles. The van der Waals surface area contributed by atoms with E-state index in [1.165, 1.54) is 0 Å². The number of nitrogens with one attached hydrogen (secondary N) is 3. The van der Waals surface area contributed by atoms with Gasteiger partial charge in [-0.15, -0.1) is 0 Å². The van der Waals surface area contributed by atoms with E-state index >= 15 is 0 Å². The molecule has 0 atom stereocenters. The molecular weight excluding hydrogens is 350 g/mol. The lowest BCUT2D eigenvalue weighted by Crippen LogP contribution is -2.37. The van der Waals surface area contributed by atoms with E-state index < -0.39 is 0 Å². The lowest BCUT2D eigenvalue weighted by atomic mass is 10.2. The number of H-pyrrole nitrogens is 1. The molecule has 1 aromatic heterocycles. The summed E-state index contributed by atoms with van der Waals surface area (Å²) in [6, 6.07) is 18.2. The molecule has 6 heteroatoms. The Morgan fingerprint density at radius 2 is 1.82 bits per heavy atom. The van der Waals surface area contributed by atoms with E-state index in [2.05, 4.69) is 37.7 Å². The fraction of sp³-hybridized carbons (Fsp3) is 0.273. The molecule has 0 fully saturated rings. The molecule has 0 saturated carbocycles. The van der Waals surface area contributed by atoms with E-state index in [0.29, 0.717) is 19.7 Å². The fourth-order valence-corrected chi connectivity index (χ4v) is 2.82. The van der Waals surface area contributed by atoms with Crippen molar-refractivity contribution in [3.05, 3.63) is 72.2 Å². The van der Waals surface area contributed by atoms with Crippen LogP contribution >= 0.6 is 0 Å². The molecule has 0 spiro atoms. The van der Waals surface area contributed by atoms with E-state index in [4.69, 9.17) is 4.74 Å². The summed E-state index contributed by atoms with van der Waals surface area (Å²) < 4.78 is 5.68. The van der Waals surface area contributed by atoms with E-state index in [0.717, 1.165) is 40.9 Å². The third kappa shape index (κ3) is 5.36. The van der Waals surface area contributed by atoms with Gasteiger partial charge in [0.15, 0.2) is 5.96 Å². The molecule has 0 aliphatic carbocycles. The molecule has 3 aromatic rings. The van der Waals surface area contributed by atoms with E-state index in [1.54, 1.807) is 0 Å². The Labute approximate surface area is 166 Å². The van der Waals surface area contributed by atoms with Gasteiger partial charge in [0.2, 0.25) is 0 Å². The maximum atomic E-state index is 5.68. The minimum atomic E-state index is 0.541. The number of para-hydroxylation sites is 1. The Morgan fingerprint density at radius 3 is 2.61 bits per heavy atom. The minimum absolute atomic E-state index is 0.541. The average Bonchev–Trinajstić information content (AvgIpc) is 3.21. The summed E-state index contributed by atoms with van der Waals surface area (Å²) in [7, 11) is 0. The van der Waals surface area contributed by atoms with Gasteiger partial charge in [0.1, 0.15) is 11.6 Å². The van der Waals surface area contributed by atoms with Crippen LogP contribution in [0.1, 0.15) is 25.2 Å². The Morgan fingerprint density at radius 1 is 1.04 bits per heavy atom. The monoisotopic (exact) mass is 377 g/mol. The molecule has 0 saturated heterocycles. The van der Waals surface area contributed by atoms with Crippen molar-refractivity contribution in [1.29, 1.82) is 0 Å². The Balaban J connectivity index is 1.64. The van der Waals surface area contributed by atoms with Crippen LogP contribution in [0.5, 0.6) is 5.75 Å². The number of aromatic nitrogens is 2. The molecule has 2 aromatic carbocycles. The molecule has 3 rings (SSSR count). The number of hydrogen-bond donors (Lipinski definition) is 3. The Kier molecular flexibility index (Phi) is 7.07. The summed E-state index contributed by atoms with van der Waals surface area (Å²) in [5, 5.41) is 6.60. The van der Waals surface area contributed by atoms with Crippen LogP contribution in [0.15, 0.2) is 65.8 Å². The SMILES string of the molecule is CCNC(=NCc1ccccc1OCC)NCc1ncc(-c2ccccc2)[nH]1. The smallest absolute Gasteiger partial charge is 0.191 e. The lowest BCUT2D eigenvalue weighted by Gasteiger charge is -2.12. The van der Waals surface area contributed by atoms with E-state index in [9.17, 15) is 0 Å². The number of imidazole rings is 1. The number of aromatic amines is 1. The van der Waals surface area contributed by atoms with Gasteiger partial charge in [-0.05, 0) is 25.5 Å². The van der Waals surface area contributed by atoms with Crippen molar-refractivity contribution in [2.45, 2.75) is 26.9 Å². The zero-order chi connectivity index (χ0) is 19.6. The maximum Gasteiger partial charge on any atom is 0.191 e. The van der Waals surface area contributed by atoms with Gasteiger partial charge in [-0.1, -0.05) is 48.5 Å². The second kappa shape index (κ2) is 10.2. The number of rotatable bonds is 8. The number of aliphatic imine (C=N–C) groups is 1. The van der Waals surface area contributed by atoms with Crippen LogP contribution in [0, 0.1) is 0 Å². The van der Waals surface area contributed by atoms with Gasteiger partial charge in [-0.2, -0.15) is 0 Å². The first-order valence-corrected chi connectivity index (χ1v) is 9.62. The minimum Gasteiger partial charge on any atom is -0.494 e. The zero-order valence-corrected chi connectivity index (χ0v) is 16.4. The maximum absolute atomic E-state index is 5.68.